The molecule has 2 aromatic rings. The Balaban J connectivity index is 1.44. The van der Waals surface area contributed by atoms with Crippen molar-refractivity contribution in [1.29, 1.82) is 0 Å². The second-order valence-electron chi connectivity index (χ2n) is 7.40. The summed E-state index contributed by atoms with van der Waals surface area (Å²) in [6.07, 6.45) is 2.11. The summed E-state index contributed by atoms with van der Waals surface area (Å²) in [5, 5.41) is 6.26. The number of amides is 1. The van der Waals surface area contributed by atoms with Gasteiger partial charge in [0.25, 0.3) is 5.91 Å². The zero-order chi connectivity index (χ0) is 18.8. The van der Waals surface area contributed by atoms with Crippen LogP contribution in [0.1, 0.15) is 29.2 Å². The molecular weight excluding hydrogens is 340 g/mol. The number of aryl methyl sites for hydroxylation is 1. The molecule has 27 heavy (non-hydrogen) atoms. The van der Waals surface area contributed by atoms with Gasteiger partial charge in [-0.3, -0.25) is 4.79 Å². The molecule has 7 heteroatoms. The lowest BCUT2D eigenvalue weighted by Gasteiger charge is -2.34. The first kappa shape index (κ1) is 17.7. The molecular formula is C20H26N6O. The van der Waals surface area contributed by atoms with Crippen LogP contribution in [-0.4, -0.2) is 60.0 Å². The van der Waals surface area contributed by atoms with Crippen molar-refractivity contribution in [3.63, 3.8) is 0 Å². The highest BCUT2D eigenvalue weighted by Gasteiger charge is 2.24. The van der Waals surface area contributed by atoms with Crippen LogP contribution in [0.3, 0.4) is 0 Å². The first-order valence-electron chi connectivity index (χ1n) is 9.54. The molecule has 0 atom stereocenters. The summed E-state index contributed by atoms with van der Waals surface area (Å²) in [7, 11) is 2.16. The van der Waals surface area contributed by atoms with Crippen LogP contribution in [0.2, 0.25) is 0 Å². The smallest absolute Gasteiger partial charge is 0.270 e. The van der Waals surface area contributed by atoms with E-state index in [0.29, 0.717) is 23.4 Å². The summed E-state index contributed by atoms with van der Waals surface area (Å²) in [6, 6.07) is 10.4. The molecule has 1 saturated heterocycles. The first-order chi connectivity index (χ1) is 13.1. The van der Waals surface area contributed by atoms with E-state index in [-0.39, 0.29) is 5.91 Å². The fraction of sp³-hybridized carbons (Fsp3) is 0.450. The Morgan fingerprint density at radius 1 is 1.07 bits per heavy atom. The number of piperazine rings is 1. The van der Waals surface area contributed by atoms with E-state index in [2.05, 4.69) is 61.7 Å². The number of nitrogens with one attached hydrogen (secondary N) is 2. The van der Waals surface area contributed by atoms with Gasteiger partial charge in [-0.2, -0.15) is 0 Å². The molecule has 1 aromatic heterocycles. The van der Waals surface area contributed by atoms with Crippen LogP contribution in [0.25, 0.3) is 0 Å². The van der Waals surface area contributed by atoms with Crippen molar-refractivity contribution in [3.8, 4) is 0 Å². The maximum absolute atomic E-state index is 12.3. The van der Waals surface area contributed by atoms with Gasteiger partial charge in [0.2, 0.25) is 0 Å². The van der Waals surface area contributed by atoms with Crippen LogP contribution in [0.15, 0.2) is 30.3 Å². The van der Waals surface area contributed by atoms with E-state index in [1.165, 1.54) is 5.69 Å². The fourth-order valence-corrected chi connectivity index (χ4v) is 3.20. The van der Waals surface area contributed by atoms with Gasteiger partial charge in [-0.25, -0.2) is 9.97 Å². The van der Waals surface area contributed by atoms with Crippen molar-refractivity contribution in [2.24, 2.45) is 0 Å². The highest BCUT2D eigenvalue weighted by atomic mass is 16.2. The third-order valence-electron chi connectivity index (χ3n) is 4.99. The summed E-state index contributed by atoms with van der Waals surface area (Å²) in [5.74, 6) is 1.09. The third-order valence-corrected chi connectivity index (χ3v) is 4.99. The average Bonchev–Trinajstić information content (AvgIpc) is 3.47. The van der Waals surface area contributed by atoms with Crippen molar-refractivity contribution >= 4 is 23.1 Å². The summed E-state index contributed by atoms with van der Waals surface area (Å²) in [4.78, 5) is 25.7. The number of benzene rings is 1. The lowest BCUT2D eigenvalue weighted by atomic mass is 10.2. The van der Waals surface area contributed by atoms with Gasteiger partial charge in [-0.15, -0.1) is 0 Å². The highest BCUT2D eigenvalue weighted by Crippen LogP contribution is 2.22. The molecule has 1 aliphatic heterocycles. The van der Waals surface area contributed by atoms with Crippen molar-refractivity contribution in [3.05, 3.63) is 41.9 Å². The molecule has 2 aliphatic rings. The second kappa shape index (κ2) is 7.52. The van der Waals surface area contributed by atoms with Crippen LogP contribution in [-0.2, 0) is 0 Å². The molecule has 4 rings (SSSR count). The van der Waals surface area contributed by atoms with E-state index in [1.807, 2.05) is 0 Å². The molecule has 142 valence electrons. The van der Waals surface area contributed by atoms with Gasteiger partial charge >= 0.3 is 0 Å². The SMILES string of the molecule is Cc1nc(Nc2ccc(N3CCN(C)CC3)cc2)cc(C(=O)NC2CC2)n1. The topological polar surface area (TPSA) is 73.4 Å². The number of carbonyl (C=O) groups excluding carboxylic acids is 1. The standard InChI is InChI=1S/C20H26N6O/c1-14-21-18(20(27)24-16-3-4-16)13-19(22-14)23-15-5-7-17(8-6-15)26-11-9-25(2)10-12-26/h5-8,13,16H,3-4,9-12H2,1-2H3,(H,24,27)(H,21,22,23). The van der Waals surface area contributed by atoms with Gasteiger partial charge in [0.1, 0.15) is 17.3 Å². The van der Waals surface area contributed by atoms with Gasteiger partial charge in [0, 0.05) is 49.7 Å². The van der Waals surface area contributed by atoms with E-state index < -0.39 is 0 Å². The number of hydrogen-bond donors (Lipinski definition) is 2. The van der Waals surface area contributed by atoms with E-state index >= 15 is 0 Å². The van der Waals surface area contributed by atoms with Crippen molar-refractivity contribution in [2.75, 3.05) is 43.4 Å². The molecule has 0 radical (unpaired) electrons. The highest BCUT2D eigenvalue weighted by molar-refractivity contribution is 5.93. The molecule has 2 heterocycles. The van der Waals surface area contributed by atoms with Crippen LogP contribution in [0.4, 0.5) is 17.2 Å². The Labute approximate surface area is 159 Å². The number of nitrogens with zero attached hydrogens (tertiary/aromatic N) is 4. The lowest BCUT2D eigenvalue weighted by Crippen LogP contribution is -2.44. The Morgan fingerprint density at radius 3 is 2.44 bits per heavy atom. The quantitative estimate of drug-likeness (QED) is 0.845. The van der Waals surface area contributed by atoms with Crippen molar-refractivity contribution in [2.45, 2.75) is 25.8 Å². The van der Waals surface area contributed by atoms with E-state index in [1.54, 1.807) is 13.0 Å². The number of likely N-dealkylation sites (N-methyl/N-ethyl adjacent to an activating group) is 1. The Morgan fingerprint density at radius 2 is 1.78 bits per heavy atom. The van der Waals surface area contributed by atoms with Gasteiger partial charge in [0.05, 0.1) is 0 Å². The van der Waals surface area contributed by atoms with E-state index in [4.69, 9.17) is 0 Å². The fourth-order valence-electron chi connectivity index (χ4n) is 3.20. The van der Waals surface area contributed by atoms with E-state index in [0.717, 1.165) is 44.7 Å². The Hall–Kier alpha value is -2.67. The van der Waals surface area contributed by atoms with Crippen molar-refractivity contribution < 1.29 is 4.79 Å². The molecule has 1 amide bonds. The van der Waals surface area contributed by atoms with Crippen LogP contribution >= 0.6 is 0 Å². The van der Waals surface area contributed by atoms with Crippen LogP contribution < -0.4 is 15.5 Å². The first-order valence-corrected chi connectivity index (χ1v) is 9.54. The van der Waals surface area contributed by atoms with Crippen LogP contribution in [0.5, 0.6) is 0 Å². The summed E-state index contributed by atoms with van der Waals surface area (Å²) >= 11 is 0. The zero-order valence-corrected chi connectivity index (χ0v) is 15.9. The minimum atomic E-state index is -0.128. The Bertz CT molecular complexity index is 810. The average molecular weight is 366 g/mol. The third kappa shape index (κ3) is 4.54. The monoisotopic (exact) mass is 366 g/mol. The summed E-state index contributed by atoms with van der Waals surface area (Å²) in [5.41, 5.74) is 2.59. The van der Waals surface area contributed by atoms with Gasteiger partial charge in [-0.05, 0) is 51.1 Å². The number of rotatable bonds is 5. The largest absolute Gasteiger partial charge is 0.369 e. The maximum Gasteiger partial charge on any atom is 0.270 e. The molecule has 2 N–H and O–H groups in total. The van der Waals surface area contributed by atoms with E-state index in [9.17, 15) is 4.79 Å². The number of aromatic nitrogens is 2. The molecule has 2 fully saturated rings. The summed E-state index contributed by atoms with van der Waals surface area (Å²) in [6.45, 7) is 6.08. The predicted octanol–water partition coefficient (Wildman–Crippen LogP) is 2.17. The number of carbonyl (C=O) groups is 1. The number of anilines is 3. The lowest BCUT2D eigenvalue weighted by molar-refractivity contribution is 0.0945. The molecule has 0 bridgehead atoms. The molecule has 1 aliphatic carbocycles. The normalized spacial score (nSPS) is 17.6. The maximum atomic E-state index is 12.3. The summed E-state index contributed by atoms with van der Waals surface area (Å²) < 4.78 is 0. The van der Waals surface area contributed by atoms with Gasteiger partial charge in [0.15, 0.2) is 0 Å². The van der Waals surface area contributed by atoms with Crippen LogP contribution in [0, 0.1) is 6.92 Å². The molecule has 0 spiro atoms. The number of hydrogen-bond acceptors (Lipinski definition) is 6. The minimum absolute atomic E-state index is 0.128. The molecule has 1 saturated carbocycles. The van der Waals surface area contributed by atoms with Gasteiger partial charge < -0.3 is 20.4 Å². The second-order valence-corrected chi connectivity index (χ2v) is 7.40. The predicted molar refractivity (Wildman–Crippen MR) is 107 cm³/mol. The Kier molecular flexibility index (Phi) is 4.94. The van der Waals surface area contributed by atoms with Crippen molar-refractivity contribution in [1.82, 2.24) is 20.2 Å². The molecule has 1 aromatic carbocycles. The molecule has 7 nitrogen and oxygen atoms in total. The zero-order valence-electron chi connectivity index (χ0n) is 15.9. The van der Waals surface area contributed by atoms with Gasteiger partial charge in [-0.1, -0.05) is 0 Å². The molecule has 0 unspecified atom stereocenters. The minimum Gasteiger partial charge on any atom is -0.369 e.